The molecule has 0 radical (unpaired) electrons. The van der Waals surface area contributed by atoms with E-state index >= 15 is 0 Å². The Morgan fingerprint density at radius 2 is 2.06 bits per heavy atom. The monoisotopic (exact) mass is 246 g/mol. The highest BCUT2D eigenvalue weighted by molar-refractivity contribution is 6.06. The Labute approximate surface area is 103 Å². The van der Waals surface area contributed by atoms with Crippen molar-refractivity contribution in [2.75, 3.05) is 12.4 Å². The van der Waals surface area contributed by atoms with Crippen LogP contribution in [0, 0.1) is 5.95 Å². The average molecular weight is 246 g/mol. The Morgan fingerprint density at radius 3 is 2.72 bits per heavy atom. The molecule has 92 valence electrons. The third-order valence-electron chi connectivity index (χ3n) is 2.34. The molecular formula is C13H11FN2O2. The first-order chi connectivity index (χ1) is 8.70. The lowest BCUT2D eigenvalue weighted by atomic mass is 10.2. The number of carbonyl (C=O) groups excluding carboxylic acids is 1. The number of hydrogen-bond acceptors (Lipinski definition) is 3. The molecule has 0 saturated carbocycles. The molecule has 0 fully saturated rings. The van der Waals surface area contributed by atoms with Gasteiger partial charge >= 0.3 is 0 Å². The van der Waals surface area contributed by atoms with Gasteiger partial charge in [0, 0.05) is 0 Å². The van der Waals surface area contributed by atoms with Crippen molar-refractivity contribution in [3.05, 3.63) is 54.1 Å². The third-order valence-corrected chi connectivity index (χ3v) is 2.34. The molecule has 1 amide bonds. The van der Waals surface area contributed by atoms with E-state index in [9.17, 15) is 9.18 Å². The van der Waals surface area contributed by atoms with Gasteiger partial charge in [-0.05, 0) is 24.3 Å². The van der Waals surface area contributed by atoms with Crippen molar-refractivity contribution in [1.29, 1.82) is 0 Å². The molecule has 1 aromatic heterocycles. The van der Waals surface area contributed by atoms with E-state index in [1.807, 2.05) is 0 Å². The van der Waals surface area contributed by atoms with Crippen molar-refractivity contribution < 1.29 is 13.9 Å². The van der Waals surface area contributed by atoms with Gasteiger partial charge in [0.05, 0.1) is 24.6 Å². The van der Waals surface area contributed by atoms with Crippen molar-refractivity contribution in [2.24, 2.45) is 0 Å². The second kappa shape index (κ2) is 5.27. The predicted molar refractivity (Wildman–Crippen MR) is 65.1 cm³/mol. The molecule has 0 saturated heterocycles. The van der Waals surface area contributed by atoms with Crippen LogP contribution in [0.2, 0.25) is 0 Å². The summed E-state index contributed by atoms with van der Waals surface area (Å²) in [6.45, 7) is 0. The zero-order valence-electron chi connectivity index (χ0n) is 9.68. The van der Waals surface area contributed by atoms with E-state index in [2.05, 4.69) is 10.3 Å². The van der Waals surface area contributed by atoms with Gasteiger partial charge in [-0.3, -0.25) is 4.79 Å². The smallest absolute Gasteiger partial charge is 0.259 e. The average Bonchev–Trinajstić information content (AvgIpc) is 2.41. The fraction of sp³-hybridized carbons (Fsp3) is 0.0769. The molecule has 0 atom stereocenters. The Bertz CT molecular complexity index is 555. The summed E-state index contributed by atoms with van der Waals surface area (Å²) in [5.41, 5.74) is 0.830. The summed E-state index contributed by atoms with van der Waals surface area (Å²) in [4.78, 5) is 15.4. The van der Waals surface area contributed by atoms with E-state index < -0.39 is 5.95 Å². The number of nitrogens with zero attached hydrogens (tertiary/aromatic N) is 1. The molecule has 0 unspecified atom stereocenters. The number of benzene rings is 1. The Kier molecular flexibility index (Phi) is 3.52. The number of aromatic nitrogens is 1. The summed E-state index contributed by atoms with van der Waals surface area (Å²) in [7, 11) is 1.49. The van der Waals surface area contributed by atoms with Crippen LogP contribution in [0.1, 0.15) is 10.4 Å². The predicted octanol–water partition coefficient (Wildman–Crippen LogP) is 2.48. The Hall–Kier alpha value is -2.43. The maximum absolute atomic E-state index is 12.6. The van der Waals surface area contributed by atoms with Gasteiger partial charge in [0.25, 0.3) is 5.91 Å². The summed E-state index contributed by atoms with van der Waals surface area (Å²) < 4.78 is 17.7. The normalized spacial score (nSPS) is 9.89. The number of carbonyl (C=O) groups is 1. The van der Waals surface area contributed by atoms with Crippen LogP contribution in [0.25, 0.3) is 0 Å². The summed E-state index contributed by atoms with van der Waals surface area (Å²) in [5.74, 6) is -0.448. The van der Waals surface area contributed by atoms with Crippen LogP contribution in [-0.2, 0) is 0 Å². The zero-order valence-corrected chi connectivity index (χ0v) is 9.68. The minimum absolute atomic E-state index is 0.333. The van der Waals surface area contributed by atoms with Crippen molar-refractivity contribution in [3.63, 3.8) is 0 Å². The SMILES string of the molecule is COc1ccccc1C(=O)Nc1ccc(F)nc1. The molecule has 0 aliphatic carbocycles. The van der Waals surface area contributed by atoms with Crippen LogP contribution in [-0.4, -0.2) is 18.0 Å². The maximum atomic E-state index is 12.6. The highest BCUT2D eigenvalue weighted by atomic mass is 19.1. The lowest BCUT2D eigenvalue weighted by Crippen LogP contribution is -2.13. The Morgan fingerprint density at radius 1 is 1.28 bits per heavy atom. The van der Waals surface area contributed by atoms with Gasteiger partial charge < -0.3 is 10.1 Å². The summed E-state index contributed by atoms with van der Waals surface area (Å²) in [6, 6.07) is 9.46. The molecule has 0 aliphatic rings. The molecule has 0 spiro atoms. The molecule has 4 nitrogen and oxygen atoms in total. The standard InChI is InChI=1S/C13H11FN2O2/c1-18-11-5-3-2-4-10(11)13(17)16-9-6-7-12(14)15-8-9/h2-8H,1H3,(H,16,17). The van der Waals surface area contributed by atoms with E-state index in [4.69, 9.17) is 4.74 Å². The molecule has 18 heavy (non-hydrogen) atoms. The fourth-order valence-electron chi connectivity index (χ4n) is 1.48. The van der Waals surface area contributed by atoms with E-state index in [1.54, 1.807) is 24.3 Å². The summed E-state index contributed by atoms with van der Waals surface area (Å²) in [6.07, 6.45) is 1.25. The van der Waals surface area contributed by atoms with Crippen LogP contribution < -0.4 is 10.1 Å². The van der Waals surface area contributed by atoms with E-state index in [1.165, 1.54) is 25.4 Å². The Balaban J connectivity index is 2.19. The van der Waals surface area contributed by atoms with Crippen LogP contribution in [0.5, 0.6) is 5.75 Å². The second-order valence-corrected chi connectivity index (χ2v) is 3.52. The minimum atomic E-state index is -0.592. The molecule has 1 heterocycles. The van der Waals surface area contributed by atoms with Crippen molar-refractivity contribution >= 4 is 11.6 Å². The minimum Gasteiger partial charge on any atom is -0.496 e. The van der Waals surface area contributed by atoms with Gasteiger partial charge in [0.2, 0.25) is 5.95 Å². The molecule has 0 bridgehead atoms. The third kappa shape index (κ3) is 2.63. The second-order valence-electron chi connectivity index (χ2n) is 3.52. The molecular weight excluding hydrogens is 235 g/mol. The van der Waals surface area contributed by atoms with Crippen molar-refractivity contribution in [2.45, 2.75) is 0 Å². The lowest BCUT2D eigenvalue weighted by molar-refractivity contribution is 0.102. The molecule has 2 aromatic rings. The van der Waals surface area contributed by atoms with Gasteiger partial charge in [-0.25, -0.2) is 4.98 Å². The number of anilines is 1. The number of para-hydroxylation sites is 1. The van der Waals surface area contributed by atoms with Crippen LogP contribution in [0.15, 0.2) is 42.6 Å². The first-order valence-corrected chi connectivity index (χ1v) is 5.26. The first kappa shape index (κ1) is 12.0. The highest BCUT2D eigenvalue weighted by Gasteiger charge is 2.11. The quantitative estimate of drug-likeness (QED) is 0.846. The van der Waals surface area contributed by atoms with E-state index in [-0.39, 0.29) is 5.91 Å². The number of nitrogens with one attached hydrogen (secondary N) is 1. The number of methoxy groups -OCH3 is 1. The van der Waals surface area contributed by atoms with Crippen LogP contribution in [0.3, 0.4) is 0 Å². The zero-order chi connectivity index (χ0) is 13.0. The molecule has 2 rings (SSSR count). The van der Waals surface area contributed by atoms with E-state index in [0.717, 1.165) is 0 Å². The topological polar surface area (TPSA) is 51.2 Å². The number of halogens is 1. The molecule has 1 N–H and O–H groups in total. The van der Waals surface area contributed by atoms with Crippen molar-refractivity contribution in [1.82, 2.24) is 4.98 Å². The van der Waals surface area contributed by atoms with Gasteiger partial charge in [-0.15, -0.1) is 0 Å². The van der Waals surface area contributed by atoms with Gasteiger partial charge in [-0.2, -0.15) is 4.39 Å². The fourth-order valence-corrected chi connectivity index (χ4v) is 1.48. The molecule has 1 aromatic carbocycles. The van der Waals surface area contributed by atoms with Crippen molar-refractivity contribution in [3.8, 4) is 5.75 Å². The van der Waals surface area contributed by atoms with E-state index in [0.29, 0.717) is 17.0 Å². The van der Waals surface area contributed by atoms with Gasteiger partial charge in [-0.1, -0.05) is 12.1 Å². The summed E-state index contributed by atoms with van der Waals surface area (Å²) >= 11 is 0. The largest absolute Gasteiger partial charge is 0.496 e. The molecule has 0 aliphatic heterocycles. The molecule has 5 heteroatoms. The van der Waals surface area contributed by atoms with Crippen LogP contribution >= 0.6 is 0 Å². The number of pyridine rings is 1. The maximum Gasteiger partial charge on any atom is 0.259 e. The lowest BCUT2D eigenvalue weighted by Gasteiger charge is -2.08. The summed E-state index contributed by atoms with van der Waals surface area (Å²) in [5, 5.41) is 2.61. The number of rotatable bonds is 3. The van der Waals surface area contributed by atoms with Gasteiger partial charge in [0.1, 0.15) is 5.75 Å². The number of hydrogen-bond donors (Lipinski definition) is 1. The highest BCUT2D eigenvalue weighted by Crippen LogP contribution is 2.18. The number of amides is 1. The number of ether oxygens (including phenoxy) is 1. The first-order valence-electron chi connectivity index (χ1n) is 5.26. The van der Waals surface area contributed by atoms with Crippen LogP contribution in [0.4, 0.5) is 10.1 Å². The van der Waals surface area contributed by atoms with Gasteiger partial charge in [0.15, 0.2) is 0 Å².